The Morgan fingerprint density at radius 1 is 0.789 bits per heavy atom. The van der Waals surface area contributed by atoms with Crippen LogP contribution >= 0.6 is 11.8 Å². The molecule has 1 aromatic heterocycles. The molecule has 1 nitrogen and oxygen atoms in total. The molecule has 1 heterocycles. The highest BCUT2D eigenvalue weighted by molar-refractivity contribution is 7.98. The van der Waals surface area contributed by atoms with Crippen LogP contribution in [-0.2, 0) is 0 Å². The third-order valence-corrected chi connectivity index (χ3v) is 3.82. The molecule has 0 amide bonds. The Morgan fingerprint density at radius 2 is 1.37 bits per heavy atom. The van der Waals surface area contributed by atoms with Crippen LogP contribution in [0.2, 0.25) is 0 Å². The summed E-state index contributed by atoms with van der Waals surface area (Å²) in [6, 6.07) is 23.2. The summed E-state index contributed by atoms with van der Waals surface area (Å²) in [7, 11) is 0. The first kappa shape index (κ1) is 12.1. The van der Waals surface area contributed by atoms with Gasteiger partial charge in [0.25, 0.3) is 0 Å². The van der Waals surface area contributed by atoms with Crippen molar-refractivity contribution in [1.29, 1.82) is 0 Å². The predicted octanol–water partition coefficient (Wildman–Crippen LogP) is 5.07. The summed E-state index contributed by atoms with van der Waals surface area (Å²) in [5.74, 6) is 0. The molecule has 0 radical (unpaired) electrons. The SMILES string of the molecule is CSc1cc(-c2ccccc2)c(-c2ccccc2)[nH]1. The van der Waals surface area contributed by atoms with E-state index in [0.29, 0.717) is 0 Å². The largest absolute Gasteiger partial charge is 0.349 e. The molecule has 1 N–H and O–H groups in total. The van der Waals surface area contributed by atoms with Crippen molar-refractivity contribution < 1.29 is 0 Å². The minimum atomic E-state index is 1.19. The monoisotopic (exact) mass is 265 g/mol. The Hall–Kier alpha value is -1.93. The number of rotatable bonds is 3. The third kappa shape index (κ3) is 2.45. The second-order valence-corrected chi connectivity index (χ2v) is 5.21. The average Bonchev–Trinajstić information content (AvgIpc) is 2.93. The van der Waals surface area contributed by atoms with Gasteiger partial charge in [-0.2, -0.15) is 0 Å². The number of hydrogen-bond acceptors (Lipinski definition) is 1. The molecule has 0 saturated carbocycles. The minimum absolute atomic E-state index is 1.19. The van der Waals surface area contributed by atoms with Crippen LogP contribution in [0.15, 0.2) is 71.8 Å². The summed E-state index contributed by atoms with van der Waals surface area (Å²) < 4.78 is 0. The molecule has 0 bridgehead atoms. The van der Waals surface area contributed by atoms with E-state index in [1.165, 1.54) is 27.4 Å². The number of hydrogen-bond donors (Lipinski definition) is 1. The lowest BCUT2D eigenvalue weighted by Gasteiger charge is -2.04. The lowest BCUT2D eigenvalue weighted by molar-refractivity contribution is 1.21. The summed E-state index contributed by atoms with van der Waals surface area (Å²) in [5, 5.41) is 1.19. The highest BCUT2D eigenvalue weighted by Gasteiger charge is 2.11. The Balaban J connectivity index is 2.17. The summed E-state index contributed by atoms with van der Waals surface area (Å²) in [5.41, 5.74) is 4.92. The smallest absolute Gasteiger partial charge is 0.0730 e. The van der Waals surface area contributed by atoms with Crippen LogP contribution in [0.5, 0.6) is 0 Å². The van der Waals surface area contributed by atoms with Crippen molar-refractivity contribution in [2.45, 2.75) is 5.03 Å². The second-order valence-electron chi connectivity index (χ2n) is 4.36. The van der Waals surface area contributed by atoms with Gasteiger partial charge in [0.2, 0.25) is 0 Å². The minimum Gasteiger partial charge on any atom is -0.349 e. The second kappa shape index (κ2) is 5.37. The van der Waals surface area contributed by atoms with Crippen LogP contribution in [0.1, 0.15) is 0 Å². The van der Waals surface area contributed by atoms with E-state index in [1.54, 1.807) is 11.8 Å². The van der Waals surface area contributed by atoms with Gasteiger partial charge in [0.1, 0.15) is 0 Å². The van der Waals surface area contributed by atoms with E-state index in [-0.39, 0.29) is 0 Å². The molecule has 2 heteroatoms. The Morgan fingerprint density at radius 3 is 1.95 bits per heavy atom. The standard InChI is InChI=1S/C17H15NS/c1-19-16-12-15(13-8-4-2-5-9-13)17(18-16)14-10-6-3-7-11-14/h2-12,18H,1H3. The van der Waals surface area contributed by atoms with Gasteiger partial charge in [-0.1, -0.05) is 60.7 Å². The zero-order valence-electron chi connectivity index (χ0n) is 10.8. The van der Waals surface area contributed by atoms with E-state index < -0.39 is 0 Å². The van der Waals surface area contributed by atoms with Crippen molar-refractivity contribution in [3.63, 3.8) is 0 Å². The zero-order chi connectivity index (χ0) is 13.1. The molecular formula is C17H15NS. The number of benzene rings is 2. The van der Waals surface area contributed by atoms with Crippen molar-refractivity contribution in [2.75, 3.05) is 6.26 Å². The fourth-order valence-electron chi connectivity index (χ4n) is 2.22. The van der Waals surface area contributed by atoms with Gasteiger partial charge in [0.05, 0.1) is 10.7 Å². The molecule has 0 unspecified atom stereocenters. The lowest BCUT2D eigenvalue weighted by Crippen LogP contribution is -1.81. The van der Waals surface area contributed by atoms with Crippen LogP contribution in [0.4, 0.5) is 0 Å². The molecule has 94 valence electrons. The van der Waals surface area contributed by atoms with Crippen molar-refractivity contribution in [3.8, 4) is 22.4 Å². The highest BCUT2D eigenvalue weighted by Crippen LogP contribution is 2.34. The average molecular weight is 265 g/mol. The van der Waals surface area contributed by atoms with Crippen LogP contribution in [-0.4, -0.2) is 11.2 Å². The molecular weight excluding hydrogens is 250 g/mol. The normalized spacial score (nSPS) is 10.6. The van der Waals surface area contributed by atoms with Crippen LogP contribution in [0.25, 0.3) is 22.4 Å². The summed E-state index contributed by atoms with van der Waals surface area (Å²) in [6.07, 6.45) is 2.09. The molecule has 2 aromatic carbocycles. The summed E-state index contributed by atoms with van der Waals surface area (Å²) >= 11 is 1.74. The highest BCUT2D eigenvalue weighted by atomic mass is 32.2. The molecule has 3 rings (SSSR count). The van der Waals surface area contributed by atoms with E-state index in [4.69, 9.17) is 0 Å². The molecule has 19 heavy (non-hydrogen) atoms. The topological polar surface area (TPSA) is 15.8 Å². The summed E-state index contributed by atoms with van der Waals surface area (Å²) in [4.78, 5) is 3.51. The Kier molecular flexibility index (Phi) is 3.43. The lowest BCUT2D eigenvalue weighted by atomic mass is 10.0. The fraction of sp³-hybridized carbons (Fsp3) is 0.0588. The summed E-state index contributed by atoms with van der Waals surface area (Å²) in [6.45, 7) is 0. The van der Waals surface area contributed by atoms with Crippen LogP contribution in [0.3, 0.4) is 0 Å². The van der Waals surface area contributed by atoms with Gasteiger partial charge in [0.15, 0.2) is 0 Å². The molecule has 0 aliphatic carbocycles. The van der Waals surface area contributed by atoms with Crippen LogP contribution in [0, 0.1) is 0 Å². The molecule has 0 fully saturated rings. The maximum atomic E-state index is 3.51. The molecule has 0 spiro atoms. The first-order chi connectivity index (χ1) is 9.38. The van der Waals surface area contributed by atoms with E-state index in [2.05, 4.69) is 65.8 Å². The molecule has 3 aromatic rings. The Labute approximate surface area is 117 Å². The molecule has 0 aliphatic heterocycles. The molecule has 0 atom stereocenters. The van der Waals surface area contributed by atoms with Gasteiger partial charge in [-0.25, -0.2) is 0 Å². The molecule has 0 saturated heterocycles. The number of thioether (sulfide) groups is 1. The predicted molar refractivity (Wildman–Crippen MR) is 83.4 cm³/mol. The van der Waals surface area contributed by atoms with E-state index in [0.717, 1.165) is 0 Å². The number of aromatic nitrogens is 1. The number of aromatic amines is 1. The van der Waals surface area contributed by atoms with E-state index >= 15 is 0 Å². The van der Waals surface area contributed by atoms with Gasteiger partial charge >= 0.3 is 0 Å². The number of H-pyrrole nitrogens is 1. The first-order valence-electron chi connectivity index (χ1n) is 6.26. The van der Waals surface area contributed by atoms with E-state index in [9.17, 15) is 0 Å². The van der Waals surface area contributed by atoms with Crippen molar-refractivity contribution in [1.82, 2.24) is 4.98 Å². The Bertz CT molecular complexity index is 599. The molecule has 0 aliphatic rings. The fourth-order valence-corrected chi connectivity index (χ4v) is 2.66. The van der Waals surface area contributed by atoms with E-state index in [1.807, 2.05) is 12.1 Å². The third-order valence-electron chi connectivity index (χ3n) is 3.16. The van der Waals surface area contributed by atoms with Gasteiger partial charge in [-0.05, 0) is 23.4 Å². The number of nitrogens with one attached hydrogen (secondary N) is 1. The van der Waals surface area contributed by atoms with Crippen LogP contribution < -0.4 is 0 Å². The first-order valence-corrected chi connectivity index (χ1v) is 7.49. The maximum Gasteiger partial charge on any atom is 0.0730 e. The van der Waals surface area contributed by atoms with Crippen molar-refractivity contribution >= 4 is 11.8 Å². The van der Waals surface area contributed by atoms with Gasteiger partial charge in [-0.15, -0.1) is 11.8 Å². The van der Waals surface area contributed by atoms with Gasteiger partial charge in [-0.3, -0.25) is 0 Å². The van der Waals surface area contributed by atoms with Gasteiger partial charge in [0, 0.05) is 5.56 Å². The van der Waals surface area contributed by atoms with Crippen molar-refractivity contribution in [2.24, 2.45) is 0 Å². The van der Waals surface area contributed by atoms with Gasteiger partial charge < -0.3 is 4.98 Å². The van der Waals surface area contributed by atoms with Crippen molar-refractivity contribution in [3.05, 3.63) is 66.7 Å². The zero-order valence-corrected chi connectivity index (χ0v) is 11.6. The maximum absolute atomic E-state index is 3.51. The quantitative estimate of drug-likeness (QED) is 0.654.